The van der Waals surface area contributed by atoms with E-state index in [1.54, 1.807) is 17.0 Å². The highest BCUT2D eigenvalue weighted by molar-refractivity contribution is 5.85. The monoisotopic (exact) mass is 307 g/mol. The smallest absolute Gasteiger partial charge is 0.410 e. The molecule has 1 unspecified atom stereocenters. The number of carbonyl (C=O) groups is 2. The molecule has 1 saturated heterocycles. The minimum atomic E-state index is -1.07. The van der Waals surface area contributed by atoms with Gasteiger partial charge in [0.1, 0.15) is 11.4 Å². The minimum Gasteiger partial charge on any atom is -0.477 e. The molecule has 22 heavy (non-hydrogen) atoms. The van der Waals surface area contributed by atoms with E-state index in [1.807, 2.05) is 20.8 Å². The van der Waals surface area contributed by atoms with Crippen molar-refractivity contribution in [1.82, 2.24) is 9.88 Å². The van der Waals surface area contributed by atoms with Gasteiger partial charge in [-0.2, -0.15) is 0 Å². The van der Waals surface area contributed by atoms with Crippen molar-refractivity contribution in [2.24, 2.45) is 0 Å². The van der Waals surface area contributed by atoms with Gasteiger partial charge in [0.2, 0.25) is 0 Å². The molecule has 1 aromatic rings. The number of pyridine rings is 1. The second kappa shape index (κ2) is 6.21. The average molecular weight is 307 g/mol. The van der Waals surface area contributed by atoms with Crippen molar-refractivity contribution in [2.45, 2.75) is 38.8 Å². The molecule has 0 saturated carbocycles. The van der Waals surface area contributed by atoms with Crippen LogP contribution in [0.15, 0.2) is 18.2 Å². The first-order valence-corrected chi connectivity index (χ1v) is 7.20. The van der Waals surface area contributed by atoms with Gasteiger partial charge in [0, 0.05) is 13.1 Å². The zero-order valence-electron chi connectivity index (χ0n) is 13.0. The number of hydrogen-bond donors (Lipinski definition) is 2. The second-order valence-corrected chi connectivity index (χ2v) is 6.21. The Morgan fingerprint density at radius 3 is 2.73 bits per heavy atom. The van der Waals surface area contributed by atoms with Crippen LogP contribution in [0.25, 0.3) is 0 Å². The molecule has 1 aliphatic rings. The van der Waals surface area contributed by atoms with E-state index >= 15 is 0 Å². The van der Waals surface area contributed by atoms with Crippen LogP contribution in [0.5, 0.6) is 0 Å². The van der Waals surface area contributed by atoms with E-state index in [0.29, 0.717) is 18.9 Å². The number of carbonyl (C=O) groups excluding carboxylic acids is 1. The number of hydrogen-bond acceptors (Lipinski definition) is 5. The Hall–Kier alpha value is -2.31. The highest BCUT2D eigenvalue weighted by Gasteiger charge is 2.34. The minimum absolute atomic E-state index is 0.0115. The molecule has 0 spiro atoms. The van der Waals surface area contributed by atoms with E-state index in [0.717, 1.165) is 6.42 Å². The zero-order valence-corrected chi connectivity index (χ0v) is 13.0. The van der Waals surface area contributed by atoms with Crippen LogP contribution in [0.4, 0.5) is 10.6 Å². The summed E-state index contributed by atoms with van der Waals surface area (Å²) in [6.07, 6.45) is 0.558. The summed E-state index contributed by atoms with van der Waals surface area (Å²) < 4.78 is 5.34. The molecule has 1 amide bonds. The van der Waals surface area contributed by atoms with E-state index in [9.17, 15) is 9.59 Å². The van der Waals surface area contributed by atoms with Gasteiger partial charge in [0.25, 0.3) is 0 Å². The van der Waals surface area contributed by atoms with Crippen LogP contribution in [0.2, 0.25) is 0 Å². The number of carboxylic acids is 1. The van der Waals surface area contributed by atoms with E-state index in [1.165, 1.54) is 6.07 Å². The first-order chi connectivity index (χ1) is 10.3. The van der Waals surface area contributed by atoms with Gasteiger partial charge in [0.15, 0.2) is 5.69 Å². The molecule has 0 radical (unpaired) electrons. The molecule has 0 bridgehead atoms. The molecule has 1 fully saturated rings. The van der Waals surface area contributed by atoms with Gasteiger partial charge in [-0.25, -0.2) is 14.6 Å². The average Bonchev–Trinajstić information content (AvgIpc) is 2.35. The molecule has 2 heterocycles. The summed E-state index contributed by atoms with van der Waals surface area (Å²) in [7, 11) is 0. The number of anilines is 1. The highest BCUT2D eigenvalue weighted by Crippen LogP contribution is 2.21. The fraction of sp³-hybridized carbons (Fsp3) is 0.533. The Labute approximate surface area is 129 Å². The predicted octanol–water partition coefficient (Wildman–Crippen LogP) is 2.20. The first kappa shape index (κ1) is 16.1. The van der Waals surface area contributed by atoms with E-state index in [4.69, 9.17) is 9.84 Å². The second-order valence-electron chi connectivity index (χ2n) is 6.21. The maximum absolute atomic E-state index is 12.0. The van der Waals surface area contributed by atoms with Crippen molar-refractivity contribution < 1.29 is 19.4 Å². The van der Waals surface area contributed by atoms with Crippen molar-refractivity contribution in [2.75, 3.05) is 18.4 Å². The Bertz CT molecular complexity index is 568. The van der Waals surface area contributed by atoms with Crippen LogP contribution >= 0.6 is 0 Å². The maximum atomic E-state index is 12.0. The van der Waals surface area contributed by atoms with Gasteiger partial charge in [-0.3, -0.25) is 0 Å². The van der Waals surface area contributed by atoms with Gasteiger partial charge in [0.05, 0.1) is 6.04 Å². The topological polar surface area (TPSA) is 91.8 Å². The van der Waals surface area contributed by atoms with Crippen molar-refractivity contribution in [3.05, 3.63) is 23.9 Å². The number of amides is 1. The number of ether oxygens (including phenoxy) is 1. The lowest BCUT2D eigenvalue weighted by atomic mass is 10.0. The van der Waals surface area contributed by atoms with Crippen LogP contribution in [-0.2, 0) is 4.74 Å². The fourth-order valence-corrected chi connectivity index (χ4v) is 2.09. The van der Waals surface area contributed by atoms with Crippen LogP contribution in [0, 0.1) is 0 Å². The molecular formula is C15H21N3O4. The van der Waals surface area contributed by atoms with Crippen LogP contribution in [0.3, 0.4) is 0 Å². The van der Waals surface area contributed by atoms with Gasteiger partial charge >= 0.3 is 12.1 Å². The SMILES string of the molecule is CC(C)(C)OC(=O)N1CCC1CNc1cccc(C(=O)O)n1. The maximum Gasteiger partial charge on any atom is 0.410 e. The Morgan fingerprint density at radius 1 is 1.45 bits per heavy atom. The predicted molar refractivity (Wildman–Crippen MR) is 81.0 cm³/mol. The molecular weight excluding hydrogens is 286 g/mol. The standard InChI is InChI=1S/C15H21N3O4/c1-15(2,3)22-14(21)18-8-7-10(18)9-16-12-6-4-5-11(17-12)13(19)20/h4-6,10H,7-9H2,1-3H3,(H,16,17)(H,19,20). The molecule has 7 heteroatoms. The number of nitrogens with one attached hydrogen (secondary N) is 1. The number of likely N-dealkylation sites (tertiary alicyclic amines) is 1. The van der Waals surface area contributed by atoms with Gasteiger partial charge < -0.3 is 20.1 Å². The molecule has 0 aromatic carbocycles. The van der Waals surface area contributed by atoms with Gasteiger partial charge in [-0.1, -0.05) is 6.07 Å². The summed E-state index contributed by atoms with van der Waals surface area (Å²) in [6, 6.07) is 4.79. The van der Waals surface area contributed by atoms with Crippen LogP contribution in [0.1, 0.15) is 37.7 Å². The zero-order chi connectivity index (χ0) is 16.3. The summed E-state index contributed by atoms with van der Waals surface area (Å²) >= 11 is 0. The summed E-state index contributed by atoms with van der Waals surface area (Å²) in [6.45, 7) is 6.68. The number of rotatable bonds is 4. The Balaban J connectivity index is 1.88. The van der Waals surface area contributed by atoms with E-state index < -0.39 is 11.6 Å². The molecule has 1 aromatic heterocycles. The number of carboxylic acid groups (broad SMARTS) is 1. The van der Waals surface area contributed by atoms with E-state index in [2.05, 4.69) is 10.3 Å². The highest BCUT2D eigenvalue weighted by atomic mass is 16.6. The van der Waals surface area contributed by atoms with Crippen molar-refractivity contribution in [3.63, 3.8) is 0 Å². The lowest BCUT2D eigenvalue weighted by Crippen LogP contribution is -2.55. The summed E-state index contributed by atoms with van der Waals surface area (Å²) in [5.74, 6) is -0.585. The van der Waals surface area contributed by atoms with Crippen molar-refractivity contribution >= 4 is 17.9 Å². The lowest BCUT2D eigenvalue weighted by molar-refractivity contribution is -0.00276. The third kappa shape index (κ3) is 4.09. The molecule has 120 valence electrons. The largest absolute Gasteiger partial charge is 0.477 e. The summed E-state index contributed by atoms with van der Waals surface area (Å²) in [4.78, 5) is 28.5. The lowest BCUT2D eigenvalue weighted by Gasteiger charge is -2.41. The molecule has 1 aliphatic heterocycles. The molecule has 2 N–H and O–H groups in total. The number of aromatic nitrogens is 1. The summed E-state index contributed by atoms with van der Waals surface area (Å²) in [5, 5.41) is 12.0. The van der Waals surface area contributed by atoms with Crippen LogP contribution < -0.4 is 5.32 Å². The third-order valence-corrected chi connectivity index (χ3v) is 3.26. The van der Waals surface area contributed by atoms with Crippen molar-refractivity contribution in [3.8, 4) is 0 Å². The number of aromatic carboxylic acids is 1. The van der Waals surface area contributed by atoms with Crippen molar-refractivity contribution in [1.29, 1.82) is 0 Å². The number of nitrogens with zero attached hydrogens (tertiary/aromatic N) is 2. The van der Waals surface area contributed by atoms with Crippen LogP contribution in [-0.4, -0.2) is 51.8 Å². The Kier molecular flexibility index (Phi) is 4.54. The van der Waals surface area contributed by atoms with Gasteiger partial charge in [-0.15, -0.1) is 0 Å². The fourth-order valence-electron chi connectivity index (χ4n) is 2.09. The normalized spacial score (nSPS) is 17.6. The molecule has 2 rings (SSSR count). The van der Waals surface area contributed by atoms with Gasteiger partial charge in [-0.05, 0) is 39.3 Å². The molecule has 7 nitrogen and oxygen atoms in total. The Morgan fingerprint density at radius 2 is 2.18 bits per heavy atom. The molecule has 1 atom stereocenters. The molecule has 0 aliphatic carbocycles. The summed E-state index contributed by atoms with van der Waals surface area (Å²) in [5.41, 5.74) is -0.523. The quantitative estimate of drug-likeness (QED) is 0.886. The first-order valence-electron chi connectivity index (χ1n) is 7.20. The van der Waals surface area contributed by atoms with E-state index in [-0.39, 0.29) is 17.8 Å². The third-order valence-electron chi connectivity index (χ3n) is 3.26.